The normalized spacial score (nSPS) is 18.9. The smallest absolute Gasteiger partial charge is 0.387 e. The first-order valence-electron chi connectivity index (χ1n) is 11.2. The number of hydrogen-bond acceptors (Lipinski definition) is 6. The van der Waals surface area contributed by atoms with E-state index in [4.69, 9.17) is 9.82 Å². The second-order valence-electron chi connectivity index (χ2n) is 8.58. The van der Waals surface area contributed by atoms with E-state index in [0.717, 1.165) is 32.8 Å². The van der Waals surface area contributed by atoms with Crippen molar-refractivity contribution in [3.63, 3.8) is 0 Å². The number of alkyl halides is 3. The molecule has 1 atom stereocenters. The predicted molar refractivity (Wildman–Crippen MR) is 124 cm³/mol. The minimum absolute atomic E-state index is 0.108. The number of benzene rings is 1. The molecule has 0 radical (unpaired) electrons. The van der Waals surface area contributed by atoms with Gasteiger partial charge in [0, 0.05) is 30.8 Å². The van der Waals surface area contributed by atoms with E-state index in [0.29, 0.717) is 32.4 Å². The Labute approximate surface area is 203 Å². The quantitative estimate of drug-likeness (QED) is 0.537. The molecule has 1 fully saturated rings. The number of rotatable bonds is 4. The van der Waals surface area contributed by atoms with Crippen LogP contribution in [0.2, 0.25) is 0 Å². The molecule has 0 spiro atoms. The monoisotopic (exact) mass is 504 g/mol. The summed E-state index contributed by atoms with van der Waals surface area (Å²) in [6, 6.07) is 10.4. The molecule has 1 N–H and O–H groups in total. The van der Waals surface area contributed by atoms with E-state index >= 15 is 0 Å². The molecule has 2 aromatic heterocycles. The number of urea groups is 1. The second kappa shape index (κ2) is 9.33. The maximum Gasteiger partial charge on any atom is 0.435 e. The van der Waals surface area contributed by atoms with E-state index in [1.54, 1.807) is 16.2 Å². The average Bonchev–Trinajstić information content (AvgIpc) is 3.60. The van der Waals surface area contributed by atoms with Crippen molar-refractivity contribution in [1.29, 1.82) is 0 Å². The molecule has 1 saturated heterocycles. The SMILES string of the molecule is Cc1cc(C(F)(F)F)nn1NC(=O)N1CCC(c2nc(C3=NOC(c4ccccc4)C3)cs2)CC1. The molecule has 1 aromatic carbocycles. The number of oxime groups is 1. The molecule has 0 bridgehead atoms. The van der Waals surface area contributed by atoms with Gasteiger partial charge in [-0.3, -0.25) is 0 Å². The van der Waals surface area contributed by atoms with Crippen LogP contribution in [-0.2, 0) is 11.0 Å². The molecule has 2 amide bonds. The number of nitrogens with zero attached hydrogens (tertiary/aromatic N) is 5. The van der Waals surface area contributed by atoms with Crippen molar-refractivity contribution in [2.24, 2.45) is 5.16 Å². The van der Waals surface area contributed by atoms with Crippen molar-refractivity contribution in [2.45, 2.75) is 44.4 Å². The van der Waals surface area contributed by atoms with Crippen LogP contribution in [0, 0.1) is 6.92 Å². The Morgan fingerprint density at radius 3 is 2.63 bits per heavy atom. The number of aromatic nitrogens is 3. The number of carbonyl (C=O) groups excluding carboxylic acids is 1. The third kappa shape index (κ3) is 5.02. The maximum atomic E-state index is 12.9. The fourth-order valence-corrected chi connectivity index (χ4v) is 5.20. The van der Waals surface area contributed by atoms with E-state index in [1.807, 2.05) is 35.7 Å². The van der Waals surface area contributed by atoms with E-state index in [1.165, 1.54) is 6.92 Å². The standard InChI is InChI=1S/C23H23F3N6O2S/c1-14-11-20(23(24,25)26)28-32(14)29-22(33)31-9-7-16(8-10-31)21-27-18(13-35-21)17-12-19(34-30-17)15-5-3-2-4-6-15/h2-6,11,13,16,19H,7-10,12H2,1H3,(H,29,33). The number of hydrogen-bond donors (Lipinski definition) is 1. The molecule has 35 heavy (non-hydrogen) atoms. The number of halogens is 3. The van der Waals surface area contributed by atoms with Gasteiger partial charge in [-0.2, -0.15) is 18.0 Å². The minimum Gasteiger partial charge on any atom is -0.387 e. The summed E-state index contributed by atoms with van der Waals surface area (Å²) in [5, 5.41) is 10.7. The largest absolute Gasteiger partial charge is 0.435 e. The number of amides is 2. The van der Waals surface area contributed by atoms with Crippen molar-refractivity contribution >= 4 is 23.1 Å². The summed E-state index contributed by atoms with van der Waals surface area (Å²) in [4.78, 5) is 25.4. The molecule has 0 saturated carbocycles. The Morgan fingerprint density at radius 2 is 1.94 bits per heavy atom. The number of thiazole rings is 1. The summed E-state index contributed by atoms with van der Waals surface area (Å²) >= 11 is 1.57. The molecule has 184 valence electrons. The maximum absolute atomic E-state index is 12.9. The summed E-state index contributed by atoms with van der Waals surface area (Å²) in [6.07, 6.45) is -2.59. The zero-order valence-electron chi connectivity index (χ0n) is 18.8. The van der Waals surface area contributed by atoms with Crippen LogP contribution in [0.25, 0.3) is 0 Å². The first-order chi connectivity index (χ1) is 16.8. The van der Waals surface area contributed by atoms with Crippen LogP contribution in [0.15, 0.2) is 46.9 Å². The Hall–Kier alpha value is -3.41. The van der Waals surface area contributed by atoms with Crippen molar-refractivity contribution < 1.29 is 22.8 Å². The summed E-state index contributed by atoms with van der Waals surface area (Å²) in [5.41, 5.74) is 4.31. The van der Waals surface area contributed by atoms with Crippen LogP contribution in [0.4, 0.5) is 18.0 Å². The molecule has 12 heteroatoms. The molecule has 8 nitrogen and oxygen atoms in total. The van der Waals surface area contributed by atoms with Crippen molar-refractivity contribution in [3.05, 3.63) is 69.4 Å². The van der Waals surface area contributed by atoms with Crippen molar-refractivity contribution in [2.75, 3.05) is 18.5 Å². The highest BCUT2D eigenvalue weighted by Crippen LogP contribution is 2.34. The van der Waals surface area contributed by atoms with Gasteiger partial charge in [0.05, 0.1) is 16.4 Å². The third-order valence-corrected chi connectivity index (χ3v) is 7.18. The summed E-state index contributed by atoms with van der Waals surface area (Å²) in [6.45, 7) is 2.40. The topological polar surface area (TPSA) is 84.6 Å². The van der Waals surface area contributed by atoms with Crippen LogP contribution in [0.3, 0.4) is 0 Å². The molecule has 0 aliphatic carbocycles. The molecule has 2 aliphatic heterocycles. The number of aryl methyl sites for hydroxylation is 1. The second-order valence-corrected chi connectivity index (χ2v) is 9.47. The Kier molecular flexibility index (Phi) is 6.22. The fourth-order valence-electron chi connectivity index (χ4n) is 4.20. The Morgan fingerprint density at radius 1 is 1.20 bits per heavy atom. The first-order valence-corrected chi connectivity index (χ1v) is 12.1. The van der Waals surface area contributed by atoms with Gasteiger partial charge in [0.25, 0.3) is 0 Å². The zero-order valence-corrected chi connectivity index (χ0v) is 19.6. The number of piperidine rings is 1. The number of carbonyl (C=O) groups is 1. The fraction of sp³-hybridized carbons (Fsp3) is 0.391. The van der Waals surface area contributed by atoms with E-state index in [9.17, 15) is 18.0 Å². The van der Waals surface area contributed by atoms with Gasteiger partial charge in [-0.1, -0.05) is 35.5 Å². The van der Waals surface area contributed by atoms with Gasteiger partial charge in [0.15, 0.2) is 11.8 Å². The van der Waals surface area contributed by atoms with Crippen LogP contribution < -0.4 is 5.43 Å². The van der Waals surface area contributed by atoms with Crippen LogP contribution in [-0.4, -0.2) is 44.6 Å². The molecular weight excluding hydrogens is 481 g/mol. The summed E-state index contributed by atoms with van der Waals surface area (Å²) in [7, 11) is 0. The van der Waals surface area contributed by atoms with Crippen molar-refractivity contribution in [1.82, 2.24) is 19.8 Å². The molecule has 3 aromatic rings. The minimum atomic E-state index is -4.57. The average molecular weight is 505 g/mol. The highest BCUT2D eigenvalue weighted by atomic mass is 32.1. The lowest BCUT2D eigenvalue weighted by Gasteiger charge is -2.31. The Bertz CT molecular complexity index is 1230. The van der Waals surface area contributed by atoms with Crippen molar-refractivity contribution in [3.8, 4) is 0 Å². The molecule has 2 aliphatic rings. The summed E-state index contributed by atoms with van der Waals surface area (Å²) < 4.78 is 38.6. The van der Waals surface area contributed by atoms with Gasteiger partial charge in [-0.15, -0.1) is 16.4 Å². The zero-order chi connectivity index (χ0) is 24.6. The van der Waals surface area contributed by atoms with Crippen LogP contribution in [0.1, 0.15) is 58.9 Å². The number of likely N-dealkylation sites (tertiary alicyclic amines) is 1. The van der Waals surface area contributed by atoms with Gasteiger partial charge in [-0.05, 0) is 31.4 Å². The van der Waals surface area contributed by atoms with Gasteiger partial charge >= 0.3 is 12.2 Å². The van der Waals surface area contributed by atoms with Gasteiger partial charge in [0.2, 0.25) is 0 Å². The molecular formula is C23H23F3N6O2S. The predicted octanol–water partition coefficient (Wildman–Crippen LogP) is 5.08. The van der Waals surface area contributed by atoms with Crippen LogP contribution >= 0.6 is 11.3 Å². The van der Waals surface area contributed by atoms with E-state index < -0.39 is 17.9 Å². The van der Waals surface area contributed by atoms with Gasteiger partial charge in [-0.25, -0.2) is 15.2 Å². The molecule has 4 heterocycles. The lowest BCUT2D eigenvalue weighted by atomic mass is 9.97. The first kappa shape index (κ1) is 23.3. The van der Waals surface area contributed by atoms with E-state index in [-0.39, 0.29) is 17.7 Å². The molecule has 1 unspecified atom stereocenters. The summed E-state index contributed by atoms with van der Waals surface area (Å²) in [5.74, 6) is 0.203. The number of nitrogens with one attached hydrogen (secondary N) is 1. The molecule has 5 rings (SSSR count). The lowest BCUT2D eigenvalue weighted by molar-refractivity contribution is -0.141. The van der Waals surface area contributed by atoms with Gasteiger partial charge < -0.3 is 9.74 Å². The lowest BCUT2D eigenvalue weighted by Crippen LogP contribution is -2.43. The van der Waals surface area contributed by atoms with E-state index in [2.05, 4.69) is 15.7 Å². The highest BCUT2D eigenvalue weighted by Gasteiger charge is 2.35. The van der Waals surface area contributed by atoms with Gasteiger partial charge in [0.1, 0.15) is 5.71 Å². The Balaban J connectivity index is 1.15. The third-order valence-electron chi connectivity index (χ3n) is 6.17. The highest BCUT2D eigenvalue weighted by molar-refractivity contribution is 7.10. The van der Waals surface area contributed by atoms with Crippen LogP contribution in [0.5, 0.6) is 0 Å².